The van der Waals surface area contributed by atoms with Gasteiger partial charge in [-0.15, -0.1) is 22.0 Å². The van der Waals surface area contributed by atoms with E-state index in [4.69, 9.17) is 4.42 Å². The summed E-state index contributed by atoms with van der Waals surface area (Å²) in [6.07, 6.45) is 2.83. The lowest BCUT2D eigenvalue weighted by atomic mass is 10.2. The number of carbonyl (C=O) groups excluding carboxylic acids is 1. The van der Waals surface area contributed by atoms with Gasteiger partial charge in [0.1, 0.15) is 0 Å². The molecule has 1 amide bonds. The van der Waals surface area contributed by atoms with Crippen LogP contribution in [0.3, 0.4) is 0 Å². The van der Waals surface area contributed by atoms with Crippen LogP contribution in [0.5, 0.6) is 0 Å². The first-order valence-corrected chi connectivity index (χ1v) is 11.6. The van der Waals surface area contributed by atoms with Crippen molar-refractivity contribution in [1.82, 2.24) is 15.2 Å². The third-order valence-corrected chi connectivity index (χ3v) is 7.13. The van der Waals surface area contributed by atoms with E-state index in [2.05, 4.69) is 28.2 Å². The molecule has 1 aliphatic heterocycles. The van der Waals surface area contributed by atoms with E-state index in [1.165, 1.54) is 11.8 Å². The molecule has 0 radical (unpaired) electrons. The Hall–Kier alpha value is -2.71. The van der Waals surface area contributed by atoms with Gasteiger partial charge in [0.2, 0.25) is 5.91 Å². The maximum atomic E-state index is 13.0. The molecular formula is C22H20N4O2S2. The Morgan fingerprint density at radius 3 is 3.00 bits per heavy atom. The van der Waals surface area contributed by atoms with Crippen molar-refractivity contribution >= 4 is 46.0 Å². The molecule has 1 N–H and O–H groups in total. The molecule has 0 unspecified atom stereocenters. The summed E-state index contributed by atoms with van der Waals surface area (Å²) in [4.78, 5) is 19.3. The molecule has 8 heteroatoms. The molecule has 3 heterocycles. The van der Waals surface area contributed by atoms with Gasteiger partial charge in [-0.1, -0.05) is 49.0 Å². The highest BCUT2D eigenvalue weighted by molar-refractivity contribution is 8.00. The van der Waals surface area contributed by atoms with Crippen LogP contribution in [-0.2, 0) is 4.79 Å². The van der Waals surface area contributed by atoms with Crippen LogP contribution < -0.4 is 4.90 Å². The van der Waals surface area contributed by atoms with E-state index in [-0.39, 0.29) is 11.7 Å². The highest BCUT2D eigenvalue weighted by atomic mass is 32.2. The van der Waals surface area contributed by atoms with Crippen LogP contribution in [0, 0.1) is 0 Å². The number of fused-ring (bicyclic) bond motifs is 2. The van der Waals surface area contributed by atoms with Gasteiger partial charge in [0.05, 0.1) is 17.0 Å². The summed E-state index contributed by atoms with van der Waals surface area (Å²) in [5, 5.41) is 10.2. The zero-order valence-electron chi connectivity index (χ0n) is 16.4. The second-order valence-corrected chi connectivity index (χ2v) is 9.55. The number of H-pyrrole nitrogens is 1. The molecule has 0 saturated heterocycles. The number of para-hydroxylation sites is 2. The molecule has 30 heavy (non-hydrogen) atoms. The van der Waals surface area contributed by atoms with E-state index in [0.29, 0.717) is 16.4 Å². The van der Waals surface area contributed by atoms with Gasteiger partial charge in [0.25, 0.3) is 11.1 Å². The molecule has 6 nitrogen and oxygen atoms in total. The fraction of sp³-hybridized carbons (Fsp3) is 0.227. The lowest BCUT2D eigenvalue weighted by Crippen LogP contribution is -2.33. The molecular weight excluding hydrogens is 416 g/mol. The van der Waals surface area contributed by atoms with Crippen LogP contribution in [-0.4, -0.2) is 38.6 Å². The number of amides is 1. The Morgan fingerprint density at radius 2 is 2.07 bits per heavy atom. The van der Waals surface area contributed by atoms with E-state index < -0.39 is 0 Å². The number of hydrogen-bond acceptors (Lipinski definition) is 6. The van der Waals surface area contributed by atoms with Gasteiger partial charge in [-0.2, -0.15) is 0 Å². The molecule has 152 valence electrons. The molecule has 2 aromatic carbocycles. The van der Waals surface area contributed by atoms with Gasteiger partial charge in [-0.25, -0.2) is 0 Å². The van der Waals surface area contributed by atoms with Crippen molar-refractivity contribution in [1.29, 1.82) is 0 Å². The number of carbonyl (C=O) groups is 1. The summed E-state index contributed by atoms with van der Waals surface area (Å²) in [7, 11) is 0. The van der Waals surface area contributed by atoms with E-state index in [1.807, 2.05) is 65.3 Å². The molecule has 1 atom stereocenters. The monoisotopic (exact) mass is 436 g/mol. The highest BCUT2D eigenvalue weighted by Gasteiger charge is 2.24. The molecule has 4 aromatic rings. The van der Waals surface area contributed by atoms with Crippen molar-refractivity contribution in [2.45, 2.75) is 28.7 Å². The largest absolute Gasteiger partial charge is 0.411 e. The third-order valence-electron chi connectivity index (χ3n) is 5.09. The average molecular weight is 437 g/mol. The second kappa shape index (κ2) is 8.20. The zero-order chi connectivity index (χ0) is 20.5. The van der Waals surface area contributed by atoms with Gasteiger partial charge < -0.3 is 14.3 Å². The normalized spacial score (nSPS) is 16.4. The molecule has 0 spiro atoms. The minimum Gasteiger partial charge on any atom is -0.411 e. The number of aromatic nitrogens is 3. The number of nitrogens with one attached hydrogen (secondary N) is 1. The number of nitrogens with zero attached hydrogens (tertiary/aromatic N) is 3. The highest BCUT2D eigenvalue weighted by Crippen LogP contribution is 2.37. The van der Waals surface area contributed by atoms with E-state index in [9.17, 15) is 4.79 Å². The summed E-state index contributed by atoms with van der Waals surface area (Å²) in [5.41, 5.74) is 2.87. The van der Waals surface area contributed by atoms with Crippen molar-refractivity contribution in [2.75, 3.05) is 17.2 Å². The Kier molecular flexibility index (Phi) is 5.26. The quantitative estimate of drug-likeness (QED) is 0.442. The number of benzene rings is 2. The summed E-state index contributed by atoms with van der Waals surface area (Å²) < 4.78 is 5.83. The van der Waals surface area contributed by atoms with Crippen molar-refractivity contribution in [3.8, 4) is 11.5 Å². The molecule has 0 bridgehead atoms. The number of anilines is 1. The van der Waals surface area contributed by atoms with Gasteiger partial charge in [0, 0.05) is 33.8 Å². The topological polar surface area (TPSA) is 75.0 Å². The van der Waals surface area contributed by atoms with Crippen molar-refractivity contribution in [3.05, 3.63) is 54.7 Å². The lowest BCUT2D eigenvalue weighted by molar-refractivity contribution is -0.116. The first-order chi connectivity index (χ1) is 14.7. The fourth-order valence-corrected chi connectivity index (χ4v) is 5.32. The van der Waals surface area contributed by atoms with Crippen LogP contribution in [0.1, 0.15) is 13.3 Å². The maximum Gasteiger partial charge on any atom is 0.277 e. The standard InChI is InChI=1S/C22H20N4O2S2/c1-14-10-11-26(18-8-4-5-9-19(18)30-14)20(27)13-29-22-25-24-21(28-22)16-12-23-17-7-3-2-6-15(16)17/h2-9,12,14,23H,10-11,13H2,1H3/t14-/m1/s1. The minimum absolute atomic E-state index is 0.0500. The lowest BCUT2D eigenvalue weighted by Gasteiger charge is -2.22. The fourth-order valence-electron chi connectivity index (χ4n) is 3.57. The maximum absolute atomic E-state index is 13.0. The molecule has 0 saturated carbocycles. The van der Waals surface area contributed by atoms with Crippen LogP contribution in [0.4, 0.5) is 5.69 Å². The van der Waals surface area contributed by atoms with E-state index in [1.54, 1.807) is 0 Å². The molecule has 0 aliphatic carbocycles. The third kappa shape index (κ3) is 3.73. The second-order valence-electron chi connectivity index (χ2n) is 7.14. The number of rotatable bonds is 4. The van der Waals surface area contributed by atoms with Crippen molar-refractivity contribution < 1.29 is 9.21 Å². The van der Waals surface area contributed by atoms with Crippen LogP contribution in [0.25, 0.3) is 22.4 Å². The van der Waals surface area contributed by atoms with Gasteiger partial charge in [0.15, 0.2) is 0 Å². The van der Waals surface area contributed by atoms with Crippen molar-refractivity contribution in [2.24, 2.45) is 0 Å². The first kappa shape index (κ1) is 19.3. The number of thioether (sulfide) groups is 2. The van der Waals surface area contributed by atoms with Gasteiger partial charge >= 0.3 is 0 Å². The van der Waals surface area contributed by atoms with Gasteiger partial charge in [-0.3, -0.25) is 4.79 Å². The first-order valence-electron chi connectivity index (χ1n) is 9.78. The smallest absolute Gasteiger partial charge is 0.277 e. The van der Waals surface area contributed by atoms with Crippen LogP contribution in [0.2, 0.25) is 0 Å². The predicted octanol–water partition coefficient (Wildman–Crippen LogP) is 5.23. The van der Waals surface area contributed by atoms with E-state index >= 15 is 0 Å². The summed E-state index contributed by atoms with van der Waals surface area (Å²) >= 11 is 3.11. The molecule has 5 rings (SSSR count). The molecule has 1 aliphatic rings. The van der Waals surface area contributed by atoms with Crippen molar-refractivity contribution in [3.63, 3.8) is 0 Å². The zero-order valence-corrected chi connectivity index (χ0v) is 18.0. The Balaban J connectivity index is 1.31. The van der Waals surface area contributed by atoms with Crippen LogP contribution in [0.15, 0.2) is 69.3 Å². The molecule has 2 aromatic heterocycles. The SMILES string of the molecule is C[C@@H]1CCN(C(=O)CSc2nnc(-c3c[nH]c4ccccc34)o2)c2ccccc2S1. The molecule has 0 fully saturated rings. The Bertz CT molecular complexity index is 1200. The van der Waals surface area contributed by atoms with E-state index in [0.717, 1.165) is 40.0 Å². The van der Waals surface area contributed by atoms with Gasteiger partial charge in [-0.05, 0) is 24.6 Å². The summed E-state index contributed by atoms with van der Waals surface area (Å²) in [6, 6.07) is 16.1. The summed E-state index contributed by atoms with van der Waals surface area (Å²) in [6.45, 7) is 2.92. The predicted molar refractivity (Wildman–Crippen MR) is 121 cm³/mol. The number of aromatic amines is 1. The number of hydrogen-bond donors (Lipinski definition) is 1. The Labute approximate surface area is 182 Å². The van der Waals surface area contributed by atoms with Crippen LogP contribution >= 0.6 is 23.5 Å². The Morgan fingerprint density at radius 1 is 1.23 bits per heavy atom. The summed E-state index contributed by atoms with van der Waals surface area (Å²) in [5.74, 6) is 0.754. The average Bonchev–Trinajstić information content (AvgIpc) is 3.36. The minimum atomic E-state index is 0.0500.